The van der Waals surface area contributed by atoms with Gasteiger partial charge in [-0.05, 0) is 26.2 Å². The van der Waals surface area contributed by atoms with Crippen LogP contribution in [0, 0.1) is 5.92 Å². The van der Waals surface area contributed by atoms with Gasteiger partial charge in [-0.25, -0.2) is 0 Å². The number of hydrogen-bond acceptors (Lipinski definition) is 2. The molecule has 0 amide bonds. The molecule has 0 aromatic rings. The zero-order chi connectivity index (χ0) is 9.56. The minimum atomic E-state index is -0.694. The lowest BCUT2D eigenvalue weighted by molar-refractivity contribution is -0.142. The fourth-order valence-corrected chi connectivity index (χ4v) is 1.06. The molecule has 0 aliphatic carbocycles. The topological polar surface area (TPSA) is 46.5 Å². The molecule has 0 saturated carbocycles. The third-order valence-electron chi connectivity index (χ3n) is 2.17. The quantitative estimate of drug-likeness (QED) is 0.669. The van der Waals surface area contributed by atoms with Gasteiger partial charge in [-0.15, -0.1) is 0 Å². The molecular formula is C9H18O3. The van der Waals surface area contributed by atoms with Crippen LogP contribution in [0.15, 0.2) is 0 Å². The van der Waals surface area contributed by atoms with Crippen molar-refractivity contribution in [3.8, 4) is 0 Å². The SMILES string of the molecule is CCC(CCC(C)OC)C(=O)O. The van der Waals surface area contributed by atoms with E-state index in [-0.39, 0.29) is 12.0 Å². The van der Waals surface area contributed by atoms with Crippen LogP contribution in [0.3, 0.4) is 0 Å². The van der Waals surface area contributed by atoms with Gasteiger partial charge in [0.15, 0.2) is 0 Å². The maximum Gasteiger partial charge on any atom is 0.306 e. The number of aliphatic carboxylic acids is 1. The van der Waals surface area contributed by atoms with Crippen LogP contribution in [0.1, 0.15) is 33.1 Å². The average molecular weight is 174 g/mol. The van der Waals surface area contributed by atoms with E-state index >= 15 is 0 Å². The number of carboxylic acids is 1. The first-order valence-corrected chi connectivity index (χ1v) is 4.37. The highest BCUT2D eigenvalue weighted by molar-refractivity contribution is 5.69. The number of methoxy groups -OCH3 is 1. The zero-order valence-electron chi connectivity index (χ0n) is 8.04. The number of carbonyl (C=O) groups is 1. The smallest absolute Gasteiger partial charge is 0.306 e. The second-order valence-electron chi connectivity index (χ2n) is 3.07. The zero-order valence-corrected chi connectivity index (χ0v) is 8.04. The monoisotopic (exact) mass is 174 g/mol. The summed E-state index contributed by atoms with van der Waals surface area (Å²) in [5, 5.41) is 8.72. The number of rotatable bonds is 6. The molecular weight excluding hydrogens is 156 g/mol. The second-order valence-corrected chi connectivity index (χ2v) is 3.07. The van der Waals surface area contributed by atoms with Gasteiger partial charge in [0.2, 0.25) is 0 Å². The maximum absolute atomic E-state index is 10.6. The van der Waals surface area contributed by atoms with E-state index < -0.39 is 5.97 Å². The summed E-state index contributed by atoms with van der Waals surface area (Å²) < 4.78 is 5.03. The van der Waals surface area contributed by atoms with Crippen molar-refractivity contribution >= 4 is 5.97 Å². The molecule has 2 unspecified atom stereocenters. The lowest BCUT2D eigenvalue weighted by Gasteiger charge is -2.12. The van der Waals surface area contributed by atoms with E-state index in [0.29, 0.717) is 12.8 Å². The Kier molecular flexibility index (Phi) is 5.72. The van der Waals surface area contributed by atoms with Gasteiger partial charge in [-0.3, -0.25) is 4.79 Å². The van der Waals surface area contributed by atoms with Crippen LogP contribution in [0.4, 0.5) is 0 Å². The fraction of sp³-hybridized carbons (Fsp3) is 0.889. The Morgan fingerprint density at radius 3 is 2.42 bits per heavy atom. The molecule has 2 atom stereocenters. The van der Waals surface area contributed by atoms with E-state index in [9.17, 15) is 4.79 Å². The van der Waals surface area contributed by atoms with Crippen LogP contribution < -0.4 is 0 Å². The Balaban J connectivity index is 3.65. The van der Waals surface area contributed by atoms with Crippen molar-refractivity contribution in [1.82, 2.24) is 0 Å². The first kappa shape index (κ1) is 11.4. The lowest BCUT2D eigenvalue weighted by atomic mass is 9.99. The minimum absolute atomic E-state index is 0.165. The lowest BCUT2D eigenvalue weighted by Crippen LogP contribution is -2.15. The van der Waals surface area contributed by atoms with Gasteiger partial charge in [-0.1, -0.05) is 6.92 Å². The second kappa shape index (κ2) is 6.00. The van der Waals surface area contributed by atoms with E-state index in [2.05, 4.69) is 0 Å². The van der Waals surface area contributed by atoms with Gasteiger partial charge in [-0.2, -0.15) is 0 Å². The van der Waals surface area contributed by atoms with E-state index in [4.69, 9.17) is 9.84 Å². The molecule has 0 saturated heterocycles. The molecule has 72 valence electrons. The van der Waals surface area contributed by atoms with Gasteiger partial charge >= 0.3 is 5.97 Å². The van der Waals surface area contributed by atoms with E-state index in [1.54, 1.807) is 7.11 Å². The Bertz CT molecular complexity index is 134. The first-order chi connectivity index (χ1) is 5.61. The van der Waals surface area contributed by atoms with Crippen LogP contribution in [0.25, 0.3) is 0 Å². The molecule has 12 heavy (non-hydrogen) atoms. The van der Waals surface area contributed by atoms with Gasteiger partial charge in [0, 0.05) is 7.11 Å². The number of carboxylic acid groups (broad SMARTS) is 1. The van der Waals surface area contributed by atoms with Crippen molar-refractivity contribution in [2.45, 2.75) is 39.2 Å². The van der Waals surface area contributed by atoms with E-state index in [1.807, 2.05) is 13.8 Å². The minimum Gasteiger partial charge on any atom is -0.481 e. The third kappa shape index (κ3) is 4.34. The molecule has 0 bridgehead atoms. The summed E-state index contributed by atoms with van der Waals surface area (Å²) in [7, 11) is 1.65. The van der Waals surface area contributed by atoms with Gasteiger partial charge in [0.25, 0.3) is 0 Å². The van der Waals surface area contributed by atoms with Gasteiger partial charge in [0.05, 0.1) is 12.0 Å². The summed E-state index contributed by atoms with van der Waals surface area (Å²) >= 11 is 0. The summed E-state index contributed by atoms with van der Waals surface area (Å²) in [6.07, 6.45) is 2.40. The first-order valence-electron chi connectivity index (χ1n) is 4.37. The highest BCUT2D eigenvalue weighted by atomic mass is 16.5. The van der Waals surface area contributed by atoms with Gasteiger partial charge < -0.3 is 9.84 Å². The van der Waals surface area contributed by atoms with Crippen LogP contribution in [0.5, 0.6) is 0 Å². The molecule has 0 aliphatic heterocycles. The molecule has 0 fully saturated rings. The highest BCUT2D eigenvalue weighted by Crippen LogP contribution is 2.13. The van der Waals surface area contributed by atoms with Crippen LogP contribution in [0.2, 0.25) is 0 Å². The predicted molar refractivity (Wildman–Crippen MR) is 47.1 cm³/mol. The molecule has 0 aromatic heterocycles. The largest absolute Gasteiger partial charge is 0.481 e. The predicted octanol–water partition coefficient (Wildman–Crippen LogP) is 1.91. The van der Waals surface area contributed by atoms with Crippen molar-refractivity contribution in [3.05, 3.63) is 0 Å². The molecule has 0 radical (unpaired) electrons. The van der Waals surface area contributed by atoms with Crippen LogP contribution in [-0.4, -0.2) is 24.3 Å². The van der Waals surface area contributed by atoms with Crippen molar-refractivity contribution in [1.29, 1.82) is 0 Å². The Morgan fingerprint density at radius 2 is 2.08 bits per heavy atom. The number of ether oxygens (including phenoxy) is 1. The summed E-state index contributed by atoms with van der Waals surface area (Å²) in [6.45, 7) is 3.85. The standard InChI is InChI=1S/C9H18O3/c1-4-8(9(10)11)6-5-7(2)12-3/h7-8H,4-6H2,1-3H3,(H,10,11). The summed E-state index contributed by atoms with van der Waals surface area (Å²) in [4.78, 5) is 10.6. The Morgan fingerprint density at radius 1 is 1.50 bits per heavy atom. The van der Waals surface area contributed by atoms with Gasteiger partial charge in [0.1, 0.15) is 0 Å². The highest BCUT2D eigenvalue weighted by Gasteiger charge is 2.15. The molecule has 0 aromatic carbocycles. The molecule has 3 heteroatoms. The van der Waals surface area contributed by atoms with Crippen LogP contribution >= 0.6 is 0 Å². The maximum atomic E-state index is 10.6. The normalized spacial score (nSPS) is 15.6. The summed E-state index contributed by atoms with van der Waals surface area (Å²) in [5.74, 6) is -0.900. The molecule has 0 rings (SSSR count). The van der Waals surface area contributed by atoms with E-state index in [1.165, 1.54) is 0 Å². The van der Waals surface area contributed by atoms with Crippen molar-refractivity contribution in [2.75, 3.05) is 7.11 Å². The molecule has 0 aliphatic rings. The van der Waals surface area contributed by atoms with Crippen molar-refractivity contribution in [3.63, 3.8) is 0 Å². The average Bonchev–Trinajstić information content (AvgIpc) is 2.04. The van der Waals surface area contributed by atoms with Crippen molar-refractivity contribution < 1.29 is 14.6 Å². The summed E-state index contributed by atoms with van der Waals surface area (Å²) in [5.41, 5.74) is 0. The molecule has 1 N–H and O–H groups in total. The van der Waals surface area contributed by atoms with E-state index in [0.717, 1.165) is 6.42 Å². The molecule has 0 spiro atoms. The summed E-state index contributed by atoms with van der Waals surface area (Å²) in [6, 6.07) is 0. The molecule has 0 heterocycles. The molecule has 3 nitrogen and oxygen atoms in total. The van der Waals surface area contributed by atoms with Crippen LogP contribution in [-0.2, 0) is 9.53 Å². The van der Waals surface area contributed by atoms with Crippen molar-refractivity contribution in [2.24, 2.45) is 5.92 Å². The third-order valence-corrected chi connectivity index (χ3v) is 2.17. The fourth-order valence-electron chi connectivity index (χ4n) is 1.06. The number of hydrogen-bond donors (Lipinski definition) is 1. The Hall–Kier alpha value is -0.570. The Labute approximate surface area is 73.7 Å².